The molecule has 0 saturated heterocycles. The second-order valence-corrected chi connectivity index (χ2v) is 5.37. The number of hydrogen-bond acceptors (Lipinski definition) is 4. The Morgan fingerprint density at radius 1 is 1.43 bits per heavy atom. The molecule has 2 N–H and O–H groups in total. The predicted octanol–water partition coefficient (Wildman–Crippen LogP) is 3.01. The molecule has 1 rings (SSSR count). The lowest BCUT2D eigenvalue weighted by atomic mass is 10.1. The third-order valence-corrected chi connectivity index (χ3v) is 3.76. The summed E-state index contributed by atoms with van der Waals surface area (Å²) in [5.74, 6) is -0.462. The summed E-state index contributed by atoms with van der Waals surface area (Å²) in [6, 6.07) is 1.92. The Bertz CT molecular complexity index is 459. The molecule has 0 saturated carbocycles. The van der Waals surface area contributed by atoms with Crippen LogP contribution >= 0.6 is 0 Å². The van der Waals surface area contributed by atoms with Crippen molar-refractivity contribution < 1.29 is 9.90 Å². The second-order valence-electron chi connectivity index (χ2n) is 5.37. The zero-order chi connectivity index (χ0) is 15.8. The quantitative estimate of drug-likeness (QED) is 0.732. The van der Waals surface area contributed by atoms with Gasteiger partial charge in [-0.1, -0.05) is 13.8 Å². The van der Waals surface area contributed by atoms with Crippen LogP contribution in [0.1, 0.15) is 49.5 Å². The van der Waals surface area contributed by atoms with E-state index in [1.807, 2.05) is 0 Å². The molecule has 1 atom stereocenters. The van der Waals surface area contributed by atoms with E-state index in [0.29, 0.717) is 5.82 Å². The summed E-state index contributed by atoms with van der Waals surface area (Å²) in [6.45, 7) is 11.4. The summed E-state index contributed by atoms with van der Waals surface area (Å²) in [5.41, 5.74) is 1.00. The largest absolute Gasteiger partial charge is 0.478 e. The van der Waals surface area contributed by atoms with Gasteiger partial charge in [0.1, 0.15) is 11.4 Å². The maximum Gasteiger partial charge on any atom is 0.339 e. The van der Waals surface area contributed by atoms with Crippen LogP contribution in [0, 0.1) is 6.92 Å². The molecule has 0 radical (unpaired) electrons. The van der Waals surface area contributed by atoms with E-state index in [2.05, 4.69) is 36.0 Å². The van der Waals surface area contributed by atoms with Crippen molar-refractivity contribution in [3.8, 4) is 0 Å². The number of carbonyl (C=O) groups is 1. The van der Waals surface area contributed by atoms with Crippen molar-refractivity contribution in [2.24, 2.45) is 0 Å². The Morgan fingerprint density at radius 3 is 2.67 bits per heavy atom. The van der Waals surface area contributed by atoms with Gasteiger partial charge in [-0.2, -0.15) is 0 Å². The third kappa shape index (κ3) is 5.34. The Hall–Kier alpha value is -1.62. The van der Waals surface area contributed by atoms with Gasteiger partial charge in [0.2, 0.25) is 0 Å². The van der Waals surface area contributed by atoms with Gasteiger partial charge in [0.05, 0.1) is 0 Å². The lowest BCUT2D eigenvalue weighted by molar-refractivity contribution is 0.0696. The normalized spacial score (nSPS) is 12.4. The number of carboxylic acids is 1. The molecule has 0 spiro atoms. The molecule has 0 aliphatic heterocycles. The molecule has 0 bridgehead atoms. The molecule has 118 valence electrons. The molecular formula is C16H27N3O2. The minimum absolute atomic E-state index is 0.202. The average Bonchev–Trinajstić information content (AvgIpc) is 2.43. The van der Waals surface area contributed by atoms with Crippen LogP contribution in [0.25, 0.3) is 0 Å². The number of anilines is 1. The molecule has 1 aromatic rings. The molecule has 0 amide bonds. The van der Waals surface area contributed by atoms with Crippen molar-refractivity contribution in [2.75, 3.05) is 25.0 Å². The van der Waals surface area contributed by atoms with Crippen LogP contribution in [-0.2, 0) is 0 Å². The smallest absolute Gasteiger partial charge is 0.339 e. The van der Waals surface area contributed by atoms with Gasteiger partial charge in [-0.15, -0.1) is 0 Å². The van der Waals surface area contributed by atoms with Crippen LogP contribution in [0.15, 0.2) is 12.3 Å². The highest BCUT2D eigenvalue weighted by Crippen LogP contribution is 2.18. The summed E-state index contributed by atoms with van der Waals surface area (Å²) in [7, 11) is 0. The number of aryl methyl sites for hydroxylation is 1. The second kappa shape index (κ2) is 8.62. The number of carboxylic acid groups (broad SMARTS) is 1. The number of aromatic carboxylic acids is 1. The van der Waals surface area contributed by atoms with Gasteiger partial charge in [0.15, 0.2) is 0 Å². The van der Waals surface area contributed by atoms with Crippen LogP contribution in [-0.4, -0.2) is 46.6 Å². The highest BCUT2D eigenvalue weighted by atomic mass is 16.4. The molecule has 1 aromatic heterocycles. The lowest BCUT2D eigenvalue weighted by Gasteiger charge is -2.20. The average molecular weight is 293 g/mol. The molecule has 0 aliphatic rings. The Balaban J connectivity index is 2.57. The Kier molecular flexibility index (Phi) is 7.15. The molecule has 0 aromatic carbocycles. The number of pyridine rings is 1. The standard InChI is InChI=1S/C16H27N3O2/c1-5-19(6-2)11-7-8-13(4)18-15-14(16(20)21)12(3)9-10-17-15/h9-10,13H,5-8,11H2,1-4H3,(H,17,18)(H,20,21). The molecule has 5 nitrogen and oxygen atoms in total. The molecule has 5 heteroatoms. The van der Waals surface area contributed by atoms with Crippen LogP contribution in [0.4, 0.5) is 5.82 Å². The van der Waals surface area contributed by atoms with E-state index in [1.54, 1.807) is 19.2 Å². The maximum atomic E-state index is 11.3. The fraction of sp³-hybridized carbons (Fsp3) is 0.625. The number of aromatic nitrogens is 1. The monoisotopic (exact) mass is 293 g/mol. The number of rotatable bonds is 9. The first kappa shape index (κ1) is 17.4. The highest BCUT2D eigenvalue weighted by Gasteiger charge is 2.15. The van der Waals surface area contributed by atoms with Crippen LogP contribution in [0.5, 0.6) is 0 Å². The number of hydrogen-bond donors (Lipinski definition) is 2. The van der Waals surface area contributed by atoms with Crippen LogP contribution in [0.3, 0.4) is 0 Å². The van der Waals surface area contributed by atoms with E-state index in [-0.39, 0.29) is 11.6 Å². The van der Waals surface area contributed by atoms with Crippen molar-refractivity contribution >= 4 is 11.8 Å². The topological polar surface area (TPSA) is 65.5 Å². The minimum Gasteiger partial charge on any atom is -0.478 e. The Morgan fingerprint density at radius 2 is 2.10 bits per heavy atom. The van der Waals surface area contributed by atoms with Gasteiger partial charge in [-0.05, 0) is 58.0 Å². The van der Waals surface area contributed by atoms with Crippen molar-refractivity contribution in [3.63, 3.8) is 0 Å². The van der Waals surface area contributed by atoms with Gasteiger partial charge >= 0.3 is 5.97 Å². The van der Waals surface area contributed by atoms with Gasteiger partial charge in [-0.25, -0.2) is 9.78 Å². The number of nitrogens with zero attached hydrogens (tertiary/aromatic N) is 2. The first-order chi connectivity index (χ1) is 9.99. The third-order valence-electron chi connectivity index (χ3n) is 3.76. The molecule has 0 aliphatic carbocycles. The van der Waals surface area contributed by atoms with E-state index >= 15 is 0 Å². The summed E-state index contributed by atoms with van der Waals surface area (Å²) in [4.78, 5) is 17.9. The molecule has 1 unspecified atom stereocenters. The lowest BCUT2D eigenvalue weighted by Crippen LogP contribution is -2.26. The van der Waals surface area contributed by atoms with Crippen LogP contribution < -0.4 is 5.32 Å². The van der Waals surface area contributed by atoms with E-state index < -0.39 is 5.97 Å². The summed E-state index contributed by atoms with van der Waals surface area (Å²) < 4.78 is 0. The fourth-order valence-corrected chi connectivity index (χ4v) is 2.40. The predicted molar refractivity (Wildman–Crippen MR) is 86.0 cm³/mol. The van der Waals surface area contributed by atoms with E-state index in [4.69, 9.17) is 0 Å². The fourth-order valence-electron chi connectivity index (χ4n) is 2.40. The Labute approximate surface area is 127 Å². The van der Waals surface area contributed by atoms with E-state index in [9.17, 15) is 9.90 Å². The summed E-state index contributed by atoms with van der Waals surface area (Å²) in [5, 5.41) is 12.5. The van der Waals surface area contributed by atoms with Crippen molar-refractivity contribution in [2.45, 2.75) is 46.6 Å². The first-order valence-corrected chi connectivity index (χ1v) is 7.67. The molecule has 1 heterocycles. The number of nitrogens with one attached hydrogen (secondary N) is 1. The van der Waals surface area contributed by atoms with Crippen molar-refractivity contribution in [3.05, 3.63) is 23.4 Å². The zero-order valence-corrected chi connectivity index (χ0v) is 13.5. The van der Waals surface area contributed by atoms with Crippen LogP contribution in [0.2, 0.25) is 0 Å². The minimum atomic E-state index is -0.932. The molecule has 21 heavy (non-hydrogen) atoms. The first-order valence-electron chi connectivity index (χ1n) is 7.67. The van der Waals surface area contributed by atoms with Gasteiger partial charge in [0.25, 0.3) is 0 Å². The van der Waals surface area contributed by atoms with Gasteiger partial charge in [0, 0.05) is 12.2 Å². The summed E-state index contributed by atoms with van der Waals surface area (Å²) >= 11 is 0. The van der Waals surface area contributed by atoms with Crippen molar-refractivity contribution in [1.82, 2.24) is 9.88 Å². The zero-order valence-electron chi connectivity index (χ0n) is 13.5. The van der Waals surface area contributed by atoms with E-state index in [1.165, 1.54) is 0 Å². The van der Waals surface area contributed by atoms with Gasteiger partial charge < -0.3 is 15.3 Å². The SMILES string of the molecule is CCN(CC)CCCC(C)Nc1nccc(C)c1C(=O)O. The molecule has 0 fully saturated rings. The highest BCUT2D eigenvalue weighted by molar-refractivity contribution is 5.94. The summed E-state index contributed by atoms with van der Waals surface area (Å²) in [6.07, 6.45) is 3.72. The van der Waals surface area contributed by atoms with Crippen molar-refractivity contribution in [1.29, 1.82) is 0 Å². The molecular weight excluding hydrogens is 266 g/mol. The van der Waals surface area contributed by atoms with E-state index in [0.717, 1.165) is 38.0 Å². The maximum absolute atomic E-state index is 11.3. The van der Waals surface area contributed by atoms with Gasteiger partial charge in [-0.3, -0.25) is 0 Å².